The highest BCUT2D eigenvalue weighted by Crippen LogP contribution is 2.53. The Bertz CT molecular complexity index is 1130. The molecule has 0 radical (unpaired) electrons. The summed E-state index contributed by atoms with van der Waals surface area (Å²) >= 11 is 0. The van der Waals surface area contributed by atoms with Crippen molar-refractivity contribution < 1.29 is 23.9 Å². The van der Waals surface area contributed by atoms with Crippen molar-refractivity contribution in [2.45, 2.75) is 18.5 Å². The van der Waals surface area contributed by atoms with Crippen LogP contribution in [-0.2, 0) is 24.7 Å². The van der Waals surface area contributed by atoms with Crippen LogP contribution in [0.3, 0.4) is 0 Å². The molecule has 2 aromatic rings. The van der Waals surface area contributed by atoms with Crippen molar-refractivity contribution in [2.24, 2.45) is 11.8 Å². The molecule has 8 heteroatoms. The molecule has 0 unspecified atom stereocenters. The summed E-state index contributed by atoms with van der Waals surface area (Å²) in [6.07, 6.45) is 0. The van der Waals surface area contributed by atoms with Crippen molar-refractivity contribution in [1.29, 1.82) is 0 Å². The molecule has 3 heterocycles. The van der Waals surface area contributed by atoms with Gasteiger partial charge in [0.15, 0.2) is 0 Å². The second-order valence-corrected chi connectivity index (χ2v) is 7.76. The number of nitrogens with one attached hydrogen (secondary N) is 2. The van der Waals surface area contributed by atoms with E-state index >= 15 is 0 Å². The van der Waals surface area contributed by atoms with Gasteiger partial charge in [-0.05, 0) is 25.1 Å². The molecule has 2 fully saturated rings. The number of rotatable bonds is 2. The quantitative estimate of drug-likeness (QED) is 0.578. The number of nitrogens with zero attached hydrogens (tertiary/aromatic N) is 1. The molecule has 0 saturated carbocycles. The van der Waals surface area contributed by atoms with Crippen molar-refractivity contribution in [3.63, 3.8) is 0 Å². The Balaban J connectivity index is 1.66. The second-order valence-electron chi connectivity index (χ2n) is 7.76. The number of ether oxygens (including phenoxy) is 1. The third kappa shape index (κ3) is 2.14. The van der Waals surface area contributed by atoms with E-state index in [1.807, 2.05) is 0 Å². The molecule has 2 N–H and O–H groups in total. The molecule has 4 atom stereocenters. The van der Waals surface area contributed by atoms with Gasteiger partial charge in [0.05, 0.1) is 30.2 Å². The van der Waals surface area contributed by atoms with Gasteiger partial charge in [-0.25, -0.2) is 9.69 Å². The SMILES string of the molecule is COC(=O)c1ccccc1N1C(=O)[C@@H]2[C@@H](C1=O)[C@@]1(N[C@@H]2C)C(=O)Nc2ccccc21. The molecular weight excluding hydrogens is 386 g/mol. The van der Waals surface area contributed by atoms with Crippen LogP contribution < -0.4 is 15.5 Å². The molecule has 3 aliphatic rings. The third-order valence-electron chi connectivity index (χ3n) is 6.32. The summed E-state index contributed by atoms with van der Waals surface area (Å²) in [5.74, 6) is -3.60. The normalized spacial score (nSPS) is 29.2. The number of anilines is 2. The second kappa shape index (κ2) is 6.24. The monoisotopic (exact) mass is 405 g/mol. The smallest absolute Gasteiger partial charge is 0.339 e. The molecule has 0 aromatic heterocycles. The molecule has 2 saturated heterocycles. The van der Waals surface area contributed by atoms with E-state index in [2.05, 4.69) is 10.6 Å². The van der Waals surface area contributed by atoms with Crippen LogP contribution in [0.4, 0.5) is 11.4 Å². The largest absolute Gasteiger partial charge is 0.465 e. The average molecular weight is 405 g/mol. The Kier molecular flexibility index (Phi) is 3.85. The number of amides is 3. The maximum absolute atomic E-state index is 13.7. The Morgan fingerprint density at radius 2 is 1.73 bits per heavy atom. The molecule has 3 amide bonds. The molecule has 152 valence electrons. The first-order chi connectivity index (χ1) is 14.4. The van der Waals surface area contributed by atoms with Crippen molar-refractivity contribution >= 4 is 35.1 Å². The van der Waals surface area contributed by atoms with E-state index in [0.717, 1.165) is 4.90 Å². The van der Waals surface area contributed by atoms with Crippen molar-refractivity contribution in [3.05, 3.63) is 59.7 Å². The summed E-state index contributed by atoms with van der Waals surface area (Å²) in [7, 11) is 1.24. The van der Waals surface area contributed by atoms with E-state index in [9.17, 15) is 19.2 Å². The number of para-hydroxylation sites is 2. The number of carbonyl (C=O) groups excluding carboxylic acids is 4. The van der Waals surface area contributed by atoms with Gasteiger partial charge in [-0.2, -0.15) is 0 Å². The molecule has 0 bridgehead atoms. The highest BCUT2D eigenvalue weighted by molar-refractivity contribution is 6.27. The molecule has 8 nitrogen and oxygen atoms in total. The molecule has 5 rings (SSSR count). The van der Waals surface area contributed by atoms with E-state index in [0.29, 0.717) is 11.3 Å². The zero-order valence-corrected chi connectivity index (χ0v) is 16.3. The summed E-state index contributed by atoms with van der Waals surface area (Å²) in [4.78, 5) is 53.5. The average Bonchev–Trinajstić information content (AvgIpc) is 3.31. The summed E-state index contributed by atoms with van der Waals surface area (Å²) in [5.41, 5.74) is 0.230. The predicted molar refractivity (Wildman–Crippen MR) is 107 cm³/mol. The van der Waals surface area contributed by atoms with Crippen molar-refractivity contribution in [3.8, 4) is 0 Å². The van der Waals surface area contributed by atoms with Gasteiger partial charge in [0.25, 0.3) is 0 Å². The Hall–Kier alpha value is -3.52. The lowest BCUT2D eigenvalue weighted by molar-refractivity contribution is -0.130. The lowest BCUT2D eigenvalue weighted by atomic mass is 9.76. The van der Waals surface area contributed by atoms with Gasteiger partial charge in [0, 0.05) is 17.3 Å². The Labute approximate surface area is 172 Å². The van der Waals surface area contributed by atoms with Gasteiger partial charge in [-0.3, -0.25) is 19.7 Å². The van der Waals surface area contributed by atoms with Gasteiger partial charge in [-0.1, -0.05) is 30.3 Å². The van der Waals surface area contributed by atoms with Crippen LogP contribution in [0.15, 0.2) is 48.5 Å². The van der Waals surface area contributed by atoms with Gasteiger partial charge < -0.3 is 10.1 Å². The first-order valence-corrected chi connectivity index (χ1v) is 9.65. The Morgan fingerprint density at radius 3 is 2.50 bits per heavy atom. The number of hydrogen-bond donors (Lipinski definition) is 2. The van der Waals surface area contributed by atoms with E-state index in [1.165, 1.54) is 19.2 Å². The summed E-state index contributed by atoms with van der Waals surface area (Å²) in [6, 6.07) is 13.1. The number of methoxy groups -OCH3 is 1. The summed E-state index contributed by atoms with van der Waals surface area (Å²) in [5, 5.41) is 6.08. The first kappa shape index (κ1) is 18.5. The fourth-order valence-electron chi connectivity index (χ4n) is 5.11. The highest BCUT2D eigenvalue weighted by atomic mass is 16.5. The molecule has 0 aliphatic carbocycles. The summed E-state index contributed by atoms with van der Waals surface area (Å²) in [6.45, 7) is 1.79. The van der Waals surface area contributed by atoms with Crippen LogP contribution in [0.5, 0.6) is 0 Å². The Morgan fingerprint density at radius 1 is 1.03 bits per heavy atom. The van der Waals surface area contributed by atoms with E-state index in [4.69, 9.17) is 4.74 Å². The van der Waals surface area contributed by atoms with Crippen molar-refractivity contribution in [1.82, 2.24) is 5.32 Å². The maximum atomic E-state index is 13.7. The first-order valence-electron chi connectivity index (χ1n) is 9.65. The number of imide groups is 1. The van der Waals surface area contributed by atoms with Crippen LogP contribution in [-0.4, -0.2) is 36.8 Å². The lowest BCUT2D eigenvalue weighted by Gasteiger charge is -2.29. The zero-order chi connectivity index (χ0) is 21.2. The molecule has 2 aromatic carbocycles. The highest BCUT2D eigenvalue weighted by Gasteiger charge is 2.70. The predicted octanol–water partition coefficient (Wildman–Crippen LogP) is 1.42. The molecule has 30 heavy (non-hydrogen) atoms. The number of fused-ring (bicyclic) bond motifs is 4. The fourth-order valence-corrected chi connectivity index (χ4v) is 5.11. The zero-order valence-electron chi connectivity index (χ0n) is 16.3. The van der Waals surface area contributed by atoms with E-state index in [-0.39, 0.29) is 17.2 Å². The fraction of sp³-hybridized carbons (Fsp3) is 0.273. The maximum Gasteiger partial charge on any atom is 0.339 e. The minimum atomic E-state index is -1.33. The van der Waals surface area contributed by atoms with Gasteiger partial charge >= 0.3 is 5.97 Å². The van der Waals surface area contributed by atoms with Crippen LogP contribution in [0, 0.1) is 11.8 Å². The molecular formula is C22H19N3O5. The number of benzene rings is 2. The van der Waals surface area contributed by atoms with Crippen LogP contribution >= 0.6 is 0 Å². The van der Waals surface area contributed by atoms with Crippen LogP contribution in [0.1, 0.15) is 22.8 Å². The lowest BCUT2D eigenvalue weighted by Crippen LogP contribution is -2.53. The molecule has 3 aliphatic heterocycles. The number of carbonyl (C=O) groups is 4. The van der Waals surface area contributed by atoms with E-state index < -0.39 is 41.2 Å². The van der Waals surface area contributed by atoms with Gasteiger partial charge in [0.2, 0.25) is 17.7 Å². The van der Waals surface area contributed by atoms with Crippen molar-refractivity contribution in [2.75, 3.05) is 17.3 Å². The third-order valence-corrected chi connectivity index (χ3v) is 6.32. The molecule has 1 spiro atoms. The number of esters is 1. The summed E-state index contributed by atoms with van der Waals surface area (Å²) < 4.78 is 4.81. The topological polar surface area (TPSA) is 105 Å². The standard InChI is InChI=1S/C22H19N3O5/c1-11-16-17(22(24-11)13-8-4-5-9-14(13)23-21(22)29)19(27)25(18(16)26)15-10-6-3-7-12(15)20(28)30-2/h3-11,16-17,24H,1-2H3,(H,23,29)/t11-,16+,17+,22-/m1/s1. The van der Waals surface area contributed by atoms with Gasteiger partial charge in [-0.15, -0.1) is 0 Å². The van der Waals surface area contributed by atoms with Crippen LogP contribution in [0.25, 0.3) is 0 Å². The van der Waals surface area contributed by atoms with Gasteiger partial charge in [0.1, 0.15) is 5.54 Å². The van der Waals surface area contributed by atoms with Crippen LogP contribution in [0.2, 0.25) is 0 Å². The minimum Gasteiger partial charge on any atom is -0.465 e. The minimum absolute atomic E-state index is 0.118. The number of hydrogen-bond acceptors (Lipinski definition) is 6. The van der Waals surface area contributed by atoms with E-state index in [1.54, 1.807) is 43.3 Å².